The van der Waals surface area contributed by atoms with Crippen molar-refractivity contribution in [2.45, 2.75) is 52.4 Å². The minimum absolute atomic E-state index is 0.0585. The molecule has 0 saturated carbocycles. The number of benzene rings is 2. The minimum atomic E-state index is -0.331. The molecule has 2 aromatic carbocycles. The predicted molar refractivity (Wildman–Crippen MR) is 168 cm³/mol. The van der Waals surface area contributed by atoms with E-state index in [2.05, 4.69) is 48.5 Å². The van der Waals surface area contributed by atoms with Gasteiger partial charge in [0.2, 0.25) is 0 Å². The van der Waals surface area contributed by atoms with E-state index in [1.54, 1.807) is 23.0 Å². The van der Waals surface area contributed by atoms with E-state index in [9.17, 15) is 9.59 Å². The van der Waals surface area contributed by atoms with Crippen LogP contribution in [0.1, 0.15) is 60.8 Å². The highest BCUT2D eigenvalue weighted by atomic mass is 35.5. The average Bonchev–Trinajstić information content (AvgIpc) is 3.39. The highest BCUT2D eigenvalue weighted by molar-refractivity contribution is 6.32. The molecule has 218 valence electrons. The Balaban J connectivity index is 1.17. The normalized spacial score (nSPS) is 14.1. The molecule has 9 heteroatoms. The van der Waals surface area contributed by atoms with Crippen molar-refractivity contribution in [3.8, 4) is 5.69 Å². The first-order valence-electron chi connectivity index (χ1n) is 14.3. The average molecular weight is 585 g/mol. The van der Waals surface area contributed by atoms with Crippen molar-refractivity contribution in [1.29, 1.82) is 0 Å². The predicted octanol–water partition coefficient (Wildman–Crippen LogP) is 7.27. The van der Waals surface area contributed by atoms with E-state index < -0.39 is 0 Å². The SMILES string of the molecule is Cc1ccc(-n2nc(C(C)(C)C)cc2NC(=O)Nc2ccc(CC3CCN(C(=O)c4cccnc4Cl)CC3)cc2)cc1. The van der Waals surface area contributed by atoms with Crippen LogP contribution in [0.25, 0.3) is 5.69 Å². The van der Waals surface area contributed by atoms with Crippen LogP contribution in [0.3, 0.4) is 0 Å². The van der Waals surface area contributed by atoms with Crippen molar-refractivity contribution in [3.05, 3.63) is 100 Å². The molecule has 2 N–H and O–H groups in total. The van der Waals surface area contributed by atoms with E-state index in [0.717, 1.165) is 36.2 Å². The topological polar surface area (TPSA) is 92.2 Å². The first-order chi connectivity index (χ1) is 20.1. The summed E-state index contributed by atoms with van der Waals surface area (Å²) in [7, 11) is 0. The van der Waals surface area contributed by atoms with Gasteiger partial charge in [-0.2, -0.15) is 5.10 Å². The maximum atomic E-state index is 13.0. The van der Waals surface area contributed by atoms with E-state index >= 15 is 0 Å². The van der Waals surface area contributed by atoms with Gasteiger partial charge in [-0.15, -0.1) is 0 Å². The van der Waals surface area contributed by atoms with Crippen LogP contribution >= 0.6 is 11.6 Å². The molecule has 0 spiro atoms. The Labute approximate surface area is 252 Å². The molecule has 5 rings (SSSR count). The number of hydrogen-bond acceptors (Lipinski definition) is 4. The van der Waals surface area contributed by atoms with Crippen molar-refractivity contribution in [2.24, 2.45) is 5.92 Å². The van der Waals surface area contributed by atoms with Crippen LogP contribution in [0.15, 0.2) is 72.9 Å². The summed E-state index contributed by atoms with van der Waals surface area (Å²) in [6, 6.07) is 21.1. The number of carbonyl (C=O) groups excluding carboxylic acids is 2. The van der Waals surface area contributed by atoms with E-state index in [1.165, 1.54) is 5.56 Å². The molecule has 0 radical (unpaired) electrons. The Kier molecular flexibility index (Phi) is 8.64. The number of nitrogens with zero attached hydrogens (tertiary/aromatic N) is 4. The van der Waals surface area contributed by atoms with E-state index in [0.29, 0.717) is 36.1 Å². The Bertz CT molecular complexity index is 1550. The fourth-order valence-electron chi connectivity index (χ4n) is 5.11. The number of hydrogen-bond donors (Lipinski definition) is 2. The van der Waals surface area contributed by atoms with Gasteiger partial charge in [0, 0.05) is 36.5 Å². The van der Waals surface area contributed by atoms with E-state index in [1.807, 2.05) is 54.3 Å². The molecule has 0 aliphatic carbocycles. The molecule has 3 heterocycles. The van der Waals surface area contributed by atoms with Gasteiger partial charge >= 0.3 is 6.03 Å². The summed E-state index contributed by atoms with van der Waals surface area (Å²) in [5, 5.41) is 11.0. The highest BCUT2D eigenvalue weighted by Gasteiger charge is 2.25. The van der Waals surface area contributed by atoms with Gasteiger partial charge < -0.3 is 10.2 Å². The number of piperidine rings is 1. The maximum Gasteiger partial charge on any atom is 0.324 e. The van der Waals surface area contributed by atoms with Crippen molar-refractivity contribution in [3.63, 3.8) is 0 Å². The molecule has 1 saturated heterocycles. The summed E-state index contributed by atoms with van der Waals surface area (Å²) in [6.07, 6.45) is 4.37. The number of rotatable bonds is 6. The van der Waals surface area contributed by atoms with Crippen LogP contribution in [-0.4, -0.2) is 44.7 Å². The van der Waals surface area contributed by atoms with Gasteiger partial charge in [-0.25, -0.2) is 14.5 Å². The van der Waals surface area contributed by atoms with Crippen molar-refractivity contribution in [1.82, 2.24) is 19.7 Å². The number of nitrogens with one attached hydrogen (secondary N) is 2. The molecular weight excluding hydrogens is 548 g/mol. The van der Waals surface area contributed by atoms with Crippen LogP contribution in [0, 0.1) is 12.8 Å². The Morgan fingerprint density at radius 1 is 0.976 bits per heavy atom. The van der Waals surface area contributed by atoms with E-state index in [-0.39, 0.29) is 22.5 Å². The molecule has 1 aliphatic rings. The molecule has 0 atom stereocenters. The number of carbonyl (C=O) groups is 2. The third kappa shape index (κ3) is 6.99. The Morgan fingerprint density at radius 2 is 1.67 bits per heavy atom. The number of anilines is 2. The van der Waals surface area contributed by atoms with Crippen LogP contribution in [0.2, 0.25) is 5.15 Å². The van der Waals surface area contributed by atoms with Crippen molar-refractivity contribution in [2.75, 3.05) is 23.7 Å². The van der Waals surface area contributed by atoms with Crippen LogP contribution in [0.4, 0.5) is 16.3 Å². The molecule has 1 fully saturated rings. The summed E-state index contributed by atoms with van der Waals surface area (Å²) in [4.78, 5) is 31.7. The largest absolute Gasteiger partial charge is 0.339 e. The first-order valence-corrected chi connectivity index (χ1v) is 14.7. The number of aryl methyl sites for hydroxylation is 1. The van der Waals surface area contributed by atoms with Crippen LogP contribution in [-0.2, 0) is 11.8 Å². The third-order valence-electron chi connectivity index (χ3n) is 7.63. The Morgan fingerprint density at radius 3 is 2.31 bits per heavy atom. The molecular formula is C33H37ClN6O2. The lowest BCUT2D eigenvalue weighted by atomic mass is 9.90. The first kappa shape index (κ1) is 29.3. The van der Waals surface area contributed by atoms with Gasteiger partial charge in [0.25, 0.3) is 5.91 Å². The number of pyridine rings is 1. The number of likely N-dealkylation sites (tertiary alicyclic amines) is 1. The minimum Gasteiger partial charge on any atom is -0.339 e. The molecule has 1 aliphatic heterocycles. The zero-order chi connectivity index (χ0) is 29.9. The highest BCUT2D eigenvalue weighted by Crippen LogP contribution is 2.27. The van der Waals surface area contributed by atoms with Crippen LogP contribution < -0.4 is 10.6 Å². The molecule has 4 aromatic rings. The second-order valence-corrected chi connectivity index (χ2v) is 12.3. The molecule has 8 nitrogen and oxygen atoms in total. The summed E-state index contributed by atoms with van der Waals surface area (Å²) in [5.41, 5.74) is 5.13. The second-order valence-electron chi connectivity index (χ2n) is 12.0. The van der Waals surface area contributed by atoms with Gasteiger partial charge in [0.15, 0.2) is 0 Å². The molecule has 3 amide bonds. The van der Waals surface area contributed by atoms with Crippen molar-refractivity contribution < 1.29 is 9.59 Å². The fraction of sp³-hybridized carbons (Fsp3) is 0.333. The lowest BCUT2D eigenvalue weighted by Gasteiger charge is -2.32. The number of halogens is 1. The Hall–Kier alpha value is -4.17. The van der Waals surface area contributed by atoms with Gasteiger partial charge in [-0.05, 0) is 74.1 Å². The van der Waals surface area contributed by atoms with Crippen molar-refractivity contribution >= 4 is 35.0 Å². The third-order valence-corrected chi connectivity index (χ3v) is 7.93. The summed E-state index contributed by atoms with van der Waals surface area (Å²) in [5.74, 6) is 1.03. The zero-order valence-electron chi connectivity index (χ0n) is 24.5. The second kappa shape index (κ2) is 12.4. The fourth-order valence-corrected chi connectivity index (χ4v) is 5.31. The standard InChI is InChI=1S/C33H37ClN6O2/c1-22-7-13-26(14-8-22)40-29(21-28(38-40)33(2,3)4)37-32(42)36-25-11-9-23(10-12-25)20-24-15-18-39(19-16-24)31(41)27-6-5-17-35-30(27)34/h5-14,17,21,24H,15-16,18-20H2,1-4H3,(H2,36,37,42). The van der Waals surface area contributed by atoms with Gasteiger partial charge in [-0.3, -0.25) is 10.1 Å². The molecule has 0 unspecified atom stereocenters. The van der Waals surface area contributed by atoms with Gasteiger partial charge in [0.1, 0.15) is 11.0 Å². The summed E-state index contributed by atoms with van der Waals surface area (Å²) >= 11 is 6.12. The van der Waals surface area contributed by atoms with E-state index in [4.69, 9.17) is 16.7 Å². The molecule has 0 bridgehead atoms. The summed E-state index contributed by atoms with van der Waals surface area (Å²) < 4.78 is 1.77. The molecule has 2 aromatic heterocycles. The molecule has 42 heavy (non-hydrogen) atoms. The van der Waals surface area contributed by atoms with Gasteiger partial charge in [0.05, 0.1) is 16.9 Å². The van der Waals surface area contributed by atoms with Crippen LogP contribution in [0.5, 0.6) is 0 Å². The lowest BCUT2D eigenvalue weighted by Crippen LogP contribution is -2.39. The number of urea groups is 1. The van der Waals surface area contributed by atoms with Gasteiger partial charge in [-0.1, -0.05) is 62.2 Å². The monoisotopic (exact) mass is 584 g/mol. The lowest BCUT2D eigenvalue weighted by molar-refractivity contribution is 0.0690. The number of amides is 3. The maximum absolute atomic E-state index is 13.0. The smallest absolute Gasteiger partial charge is 0.324 e. The number of aromatic nitrogens is 3. The quantitative estimate of drug-likeness (QED) is 0.233. The zero-order valence-corrected chi connectivity index (χ0v) is 25.3. The summed E-state index contributed by atoms with van der Waals surface area (Å²) in [6.45, 7) is 9.73.